The fourth-order valence-corrected chi connectivity index (χ4v) is 2.39. The zero-order valence-corrected chi connectivity index (χ0v) is 11.0. The van der Waals surface area contributed by atoms with Gasteiger partial charge in [0.25, 0.3) is 0 Å². The van der Waals surface area contributed by atoms with Crippen LogP contribution in [0.5, 0.6) is 0 Å². The summed E-state index contributed by atoms with van der Waals surface area (Å²) in [6, 6.07) is 13.5. The molecule has 17 heavy (non-hydrogen) atoms. The second kappa shape index (κ2) is 5.09. The molecule has 2 N–H and O–H groups in total. The molecule has 0 radical (unpaired) electrons. The van der Waals surface area contributed by atoms with Gasteiger partial charge in [-0.25, -0.2) is 0 Å². The van der Waals surface area contributed by atoms with Crippen molar-refractivity contribution >= 4 is 23.2 Å². The second-order valence-corrected chi connectivity index (χ2v) is 4.91. The number of hydrogen-bond donors (Lipinski definition) is 1. The Morgan fingerprint density at radius 2 is 1.59 bits per heavy atom. The molecular formula is C14H13Cl2N. The highest BCUT2D eigenvalue weighted by Crippen LogP contribution is 2.31. The smallest absolute Gasteiger partial charge is 0.0426 e. The van der Waals surface area contributed by atoms with E-state index in [0.29, 0.717) is 10.0 Å². The van der Waals surface area contributed by atoms with Gasteiger partial charge in [-0.1, -0.05) is 47.5 Å². The maximum atomic E-state index is 6.02. The van der Waals surface area contributed by atoms with Gasteiger partial charge in [0.05, 0.1) is 0 Å². The van der Waals surface area contributed by atoms with Crippen LogP contribution in [0.4, 0.5) is 0 Å². The molecule has 0 saturated carbocycles. The standard InChI is InChI=1S/C14H13Cl2N/c1-9(17)13-4-2-3-5-14(13)10-6-11(15)8-12(16)7-10/h2-9H,17H2,1H3. The molecule has 0 aliphatic rings. The Balaban J connectivity index is 2.60. The van der Waals surface area contributed by atoms with Crippen LogP contribution in [-0.4, -0.2) is 0 Å². The molecule has 0 aromatic heterocycles. The molecule has 0 heterocycles. The summed E-state index contributed by atoms with van der Waals surface area (Å²) in [6.07, 6.45) is 0. The van der Waals surface area contributed by atoms with Gasteiger partial charge in [0.15, 0.2) is 0 Å². The van der Waals surface area contributed by atoms with Crippen molar-refractivity contribution < 1.29 is 0 Å². The number of nitrogens with two attached hydrogens (primary N) is 1. The molecule has 1 nitrogen and oxygen atoms in total. The van der Waals surface area contributed by atoms with Crippen molar-refractivity contribution in [2.75, 3.05) is 0 Å². The minimum Gasteiger partial charge on any atom is -0.324 e. The largest absolute Gasteiger partial charge is 0.324 e. The van der Waals surface area contributed by atoms with Gasteiger partial charge in [0, 0.05) is 16.1 Å². The zero-order chi connectivity index (χ0) is 12.4. The molecule has 0 bridgehead atoms. The highest BCUT2D eigenvalue weighted by atomic mass is 35.5. The third-order valence-corrected chi connectivity index (χ3v) is 3.06. The minimum atomic E-state index is -0.0241. The third kappa shape index (κ3) is 2.81. The summed E-state index contributed by atoms with van der Waals surface area (Å²) in [5.74, 6) is 0. The van der Waals surface area contributed by atoms with Gasteiger partial charge in [-0.2, -0.15) is 0 Å². The van der Waals surface area contributed by atoms with Crippen LogP contribution in [0.15, 0.2) is 42.5 Å². The number of rotatable bonds is 2. The molecule has 0 saturated heterocycles. The Morgan fingerprint density at radius 3 is 2.18 bits per heavy atom. The summed E-state index contributed by atoms with van der Waals surface area (Å²) in [7, 11) is 0. The van der Waals surface area contributed by atoms with Crippen LogP contribution in [0.2, 0.25) is 10.0 Å². The number of halogens is 2. The van der Waals surface area contributed by atoms with E-state index in [9.17, 15) is 0 Å². The summed E-state index contributed by atoms with van der Waals surface area (Å²) in [6.45, 7) is 1.96. The Bertz CT molecular complexity index is 515. The fraction of sp³-hybridized carbons (Fsp3) is 0.143. The monoisotopic (exact) mass is 265 g/mol. The molecule has 3 heteroatoms. The minimum absolute atomic E-state index is 0.0241. The average molecular weight is 266 g/mol. The molecule has 2 rings (SSSR count). The lowest BCUT2D eigenvalue weighted by Crippen LogP contribution is -2.06. The lowest BCUT2D eigenvalue weighted by atomic mass is 9.96. The molecule has 2 aromatic rings. The first kappa shape index (κ1) is 12.4. The highest BCUT2D eigenvalue weighted by molar-refractivity contribution is 6.35. The first-order valence-electron chi connectivity index (χ1n) is 5.39. The summed E-state index contributed by atoms with van der Waals surface area (Å²) in [5.41, 5.74) is 9.12. The van der Waals surface area contributed by atoms with Crippen molar-refractivity contribution in [3.63, 3.8) is 0 Å². The Morgan fingerprint density at radius 1 is 1.00 bits per heavy atom. The van der Waals surface area contributed by atoms with Crippen LogP contribution in [0.3, 0.4) is 0 Å². The highest BCUT2D eigenvalue weighted by Gasteiger charge is 2.09. The van der Waals surface area contributed by atoms with E-state index in [-0.39, 0.29) is 6.04 Å². The lowest BCUT2D eigenvalue weighted by Gasteiger charge is -2.13. The first-order valence-corrected chi connectivity index (χ1v) is 6.14. The van der Waals surface area contributed by atoms with Gasteiger partial charge < -0.3 is 5.73 Å². The van der Waals surface area contributed by atoms with Gasteiger partial charge in [0.1, 0.15) is 0 Å². The molecule has 0 aliphatic carbocycles. The van der Waals surface area contributed by atoms with Crippen molar-refractivity contribution in [1.29, 1.82) is 0 Å². The Kier molecular flexibility index (Phi) is 3.72. The van der Waals surface area contributed by atoms with Crippen molar-refractivity contribution in [2.45, 2.75) is 13.0 Å². The van der Waals surface area contributed by atoms with Crippen LogP contribution in [0, 0.1) is 0 Å². The van der Waals surface area contributed by atoms with Crippen LogP contribution >= 0.6 is 23.2 Å². The summed E-state index contributed by atoms with van der Waals surface area (Å²) in [5, 5.41) is 1.26. The fourth-order valence-electron chi connectivity index (χ4n) is 1.87. The third-order valence-electron chi connectivity index (χ3n) is 2.62. The van der Waals surface area contributed by atoms with E-state index in [2.05, 4.69) is 0 Å². The van der Waals surface area contributed by atoms with E-state index in [1.165, 1.54) is 0 Å². The van der Waals surface area contributed by atoms with Gasteiger partial charge in [0.2, 0.25) is 0 Å². The molecule has 2 aromatic carbocycles. The van der Waals surface area contributed by atoms with E-state index in [1.807, 2.05) is 43.3 Å². The molecule has 88 valence electrons. The maximum absolute atomic E-state index is 6.02. The van der Waals surface area contributed by atoms with E-state index in [1.54, 1.807) is 6.07 Å². The number of benzene rings is 2. The number of hydrogen-bond acceptors (Lipinski definition) is 1. The molecule has 0 amide bonds. The predicted molar refractivity (Wildman–Crippen MR) is 74.5 cm³/mol. The molecule has 1 unspecified atom stereocenters. The lowest BCUT2D eigenvalue weighted by molar-refractivity contribution is 0.820. The molecule has 0 aliphatic heterocycles. The molecule has 1 atom stereocenters. The normalized spacial score (nSPS) is 12.5. The summed E-state index contributed by atoms with van der Waals surface area (Å²) < 4.78 is 0. The van der Waals surface area contributed by atoms with Gasteiger partial charge in [-0.15, -0.1) is 0 Å². The van der Waals surface area contributed by atoms with E-state index < -0.39 is 0 Å². The summed E-state index contributed by atoms with van der Waals surface area (Å²) >= 11 is 12.0. The van der Waals surface area contributed by atoms with Gasteiger partial charge in [-0.05, 0) is 41.8 Å². The van der Waals surface area contributed by atoms with Crippen LogP contribution in [0.1, 0.15) is 18.5 Å². The second-order valence-electron chi connectivity index (χ2n) is 4.03. The van der Waals surface area contributed by atoms with E-state index in [0.717, 1.165) is 16.7 Å². The van der Waals surface area contributed by atoms with E-state index in [4.69, 9.17) is 28.9 Å². The van der Waals surface area contributed by atoms with Crippen LogP contribution in [0.25, 0.3) is 11.1 Å². The van der Waals surface area contributed by atoms with Gasteiger partial charge >= 0.3 is 0 Å². The van der Waals surface area contributed by atoms with Crippen molar-refractivity contribution in [3.8, 4) is 11.1 Å². The van der Waals surface area contributed by atoms with E-state index >= 15 is 0 Å². The van der Waals surface area contributed by atoms with Crippen molar-refractivity contribution in [3.05, 3.63) is 58.1 Å². The van der Waals surface area contributed by atoms with Crippen molar-refractivity contribution in [2.24, 2.45) is 5.73 Å². The van der Waals surface area contributed by atoms with Gasteiger partial charge in [-0.3, -0.25) is 0 Å². The predicted octanol–water partition coefficient (Wildman–Crippen LogP) is 4.68. The molecular weight excluding hydrogens is 253 g/mol. The van der Waals surface area contributed by atoms with Crippen molar-refractivity contribution in [1.82, 2.24) is 0 Å². The molecule has 0 fully saturated rings. The summed E-state index contributed by atoms with van der Waals surface area (Å²) in [4.78, 5) is 0. The first-order chi connectivity index (χ1) is 8.08. The van der Waals surface area contributed by atoms with Crippen LogP contribution < -0.4 is 5.73 Å². The zero-order valence-electron chi connectivity index (χ0n) is 9.45. The topological polar surface area (TPSA) is 26.0 Å². The SMILES string of the molecule is CC(N)c1ccccc1-c1cc(Cl)cc(Cl)c1. The maximum Gasteiger partial charge on any atom is 0.0426 e. The quantitative estimate of drug-likeness (QED) is 0.839. The Hall–Kier alpha value is -1.02. The molecule has 0 spiro atoms. The Labute approximate surface area is 111 Å². The van der Waals surface area contributed by atoms with Crippen LogP contribution in [-0.2, 0) is 0 Å². The average Bonchev–Trinajstić information content (AvgIpc) is 2.27.